The number of nitrogens with zero attached hydrogens (tertiary/aromatic N) is 1. The van der Waals surface area contributed by atoms with E-state index >= 15 is 0 Å². The summed E-state index contributed by atoms with van der Waals surface area (Å²) in [5, 5.41) is 2.74. The summed E-state index contributed by atoms with van der Waals surface area (Å²) < 4.78 is 11.1. The van der Waals surface area contributed by atoms with E-state index < -0.39 is 5.91 Å². The Morgan fingerprint density at radius 1 is 0.967 bits per heavy atom. The quantitative estimate of drug-likeness (QED) is 0.738. The van der Waals surface area contributed by atoms with Gasteiger partial charge in [0.15, 0.2) is 11.5 Å². The van der Waals surface area contributed by atoms with Gasteiger partial charge in [-0.2, -0.15) is 0 Å². The van der Waals surface area contributed by atoms with Crippen molar-refractivity contribution in [3.05, 3.63) is 48.5 Å². The third-order valence-electron chi connectivity index (χ3n) is 5.67. The predicted octanol–water partition coefficient (Wildman–Crippen LogP) is 3.60. The number of imide groups is 1. The Labute approximate surface area is 175 Å². The zero-order chi connectivity index (χ0) is 21.1. The lowest BCUT2D eigenvalue weighted by Crippen LogP contribution is -2.38. The van der Waals surface area contributed by atoms with Crippen molar-refractivity contribution >= 4 is 23.4 Å². The number of likely N-dealkylation sites (tertiary alicyclic amines) is 1. The first kappa shape index (κ1) is 19.9. The number of rotatable bonds is 6. The van der Waals surface area contributed by atoms with Gasteiger partial charge in [0.05, 0.1) is 18.9 Å². The number of hydrogen-bond donors (Lipinski definition) is 1. The van der Waals surface area contributed by atoms with Crippen LogP contribution in [0.5, 0.6) is 17.2 Å². The second-order valence-corrected chi connectivity index (χ2v) is 7.59. The minimum atomic E-state index is -0.395. The number of carbonyl (C=O) groups excluding carboxylic acids is 3. The topological polar surface area (TPSA) is 84.9 Å². The number of carbonyl (C=O) groups is 3. The van der Waals surface area contributed by atoms with Crippen LogP contribution in [0.3, 0.4) is 0 Å². The third kappa shape index (κ3) is 4.01. The second-order valence-electron chi connectivity index (χ2n) is 7.59. The molecule has 0 aromatic heterocycles. The fraction of sp³-hybridized carbons (Fsp3) is 0.348. The highest BCUT2D eigenvalue weighted by Gasteiger charge is 2.48. The van der Waals surface area contributed by atoms with Gasteiger partial charge in [0.25, 0.3) is 0 Å². The van der Waals surface area contributed by atoms with Gasteiger partial charge in [0.1, 0.15) is 12.3 Å². The monoisotopic (exact) mass is 408 g/mol. The Morgan fingerprint density at radius 3 is 2.17 bits per heavy atom. The molecule has 1 heterocycles. The van der Waals surface area contributed by atoms with E-state index in [1.807, 2.05) is 12.1 Å². The van der Waals surface area contributed by atoms with Crippen molar-refractivity contribution in [2.75, 3.05) is 19.0 Å². The van der Waals surface area contributed by atoms with Gasteiger partial charge < -0.3 is 14.8 Å². The number of amides is 3. The van der Waals surface area contributed by atoms with E-state index in [9.17, 15) is 14.4 Å². The molecule has 1 aliphatic heterocycles. The van der Waals surface area contributed by atoms with E-state index in [2.05, 4.69) is 5.32 Å². The van der Waals surface area contributed by atoms with Crippen molar-refractivity contribution in [3.63, 3.8) is 0 Å². The SMILES string of the molecule is COc1ccccc1Oc1ccc(NC(=O)CN2C(=O)C3CCCCC3C2=O)cc1. The largest absolute Gasteiger partial charge is 0.493 e. The molecule has 0 radical (unpaired) electrons. The van der Waals surface area contributed by atoms with Gasteiger partial charge in [-0.3, -0.25) is 19.3 Å². The molecule has 7 heteroatoms. The molecule has 1 N–H and O–H groups in total. The smallest absolute Gasteiger partial charge is 0.244 e. The molecule has 2 aliphatic rings. The lowest BCUT2D eigenvalue weighted by Gasteiger charge is -2.19. The van der Waals surface area contributed by atoms with Crippen LogP contribution in [0.15, 0.2) is 48.5 Å². The van der Waals surface area contributed by atoms with Gasteiger partial charge in [-0.05, 0) is 49.2 Å². The average Bonchev–Trinajstić information content (AvgIpc) is 3.00. The average molecular weight is 408 g/mol. The molecule has 7 nitrogen and oxygen atoms in total. The standard InChI is InChI=1S/C23H24N2O5/c1-29-19-8-4-5-9-20(19)30-16-12-10-15(11-13-16)24-21(26)14-25-22(27)17-6-2-3-7-18(17)23(25)28/h4-5,8-13,17-18H,2-3,6-7,14H2,1H3,(H,24,26). The molecule has 1 aliphatic carbocycles. The molecule has 30 heavy (non-hydrogen) atoms. The van der Waals surface area contributed by atoms with Gasteiger partial charge in [0.2, 0.25) is 17.7 Å². The normalized spacial score (nSPS) is 20.6. The number of anilines is 1. The van der Waals surface area contributed by atoms with Crippen molar-refractivity contribution < 1.29 is 23.9 Å². The summed E-state index contributed by atoms with van der Waals surface area (Å²) in [4.78, 5) is 38.6. The molecule has 0 spiro atoms. The van der Waals surface area contributed by atoms with Crippen LogP contribution in [-0.2, 0) is 14.4 Å². The van der Waals surface area contributed by atoms with Crippen LogP contribution in [0.25, 0.3) is 0 Å². The molecular weight excluding hydrogens is 384 g/mol. The maximum atomic E-state index is 12.5. The number of ether oxygens (including phenoxy) is 2. The van der Waals surface area contributed by atoms with E-state index in [1.165, 1.54) is 0 Å². The Hall–Kier alpha value is -3.35. The van der Waals surface area contributed by atoms with Crippen molar-refractivity contribution in [2.45, 2.75) is 25.7 Å². The van der Waals surface area contributed by atoms with Crippen LogP contribution < -0.4 is 14.8 Å². The predicted molar refractivity (Wildman–Crippen MR) is 110 cm³/mol. The van der Waals surface area contributed by atoms with Crippen LogP contribution in [0.1, 0.15) is 25.7 Å². The first-order valence-electron chi connectivity index (χ1n) is 10.1. The fourth-order valence-corrected chi connectivity index (χ4v) is 4.17. The Morgan fingerprint density at radius 2 is 1.57 bits per heavy atom. The Balaban J connectivity index is 1.36. The fourth-order valence-electron chi connectivity index (χ4n) is 4.17. The lowest BCUT2D eigenvalue weighted by molar-refractivity contribution is -0.142. The van der Waals surface area contributed by atoms with Crippen molar-refractivity contribution in [1.29, 1.82) is 0 Å². The molecule has 1 saturated carbocycles. The summed E-state index contributed by atoms with van der Waals surface area (Å²) in [6.45, 7) is -0.246. The summed E-state index contributed by atoms with van der Waals surface area (Å²) in [5.74, 6) is 0.497. The van der Waals surface area contributed by atoms with Crippen LogP contribution >= 0.6 is 0 Å². The number of para-hydroxylation sites is 2. The van der Waals surface area contributed by atoms with Crippen molar-refractivity contribution in [3.8, 4) is 17.2 Å². The number of benzene rings is 2. The Bertz CT molecular complexity index is 932. The summed E-state index contributed by atoms with van der Waals surface area (Å²) in [6.07, 6.45) is 3.40. The summed E-state index contributed by atoms with van der Waals surface area (Å²) in [7, 11) is 1.57. The molecule has 3 amide bonds. The molecular formula is C23H24N2O5. The third-order valence-corrected chi connectivity index (χ3v) is 5.67. The van der Waals surface area contributed by atoms with Gasteiger partial charge in [0, 0.05) is 5.69 Å². The van der Waals surface area contributed by atoms with Crippen LogP contribution in [-0.4, -0.2) is 36.3 Å². The van der Waals surface area contributed by atoms with Gasteiger partial charge in [-0.25, -0.2) is 0 Å². The van der Waals surface area contributed by atoms with E-state index in [0.717, 1.165) is 30.6 Å². The molecule has 4 rings (SSSR count). The van der Waals surface area contributed by atoms with E-state index in [1.54, 1.807) is 43.5 Å². The maximum Gasteiger partial charge on any atom is 0.244 e. The molecule has 156 valence electrons. The number of methoxy groups -OCH3 is 1. The van der Waals surface area contributed by atoms with E-state index in [-0.39, 0.29) is 30.2 Å². The minimum absolute atomic E-state index is 0.208. The maximum absolute atomic E-state index is 12.5. The van der Waals surface area contributed by atoms with Crippen LogP contribution in [0.2, 0.25) is 0 Å². The highest BCUT2D eigenvalue weighted by molar-refractivity contribution is 6.08. The van der Waals surface area contributed by atoms with Crippen molar-refractivity contribution in [2.24, 2.45) is 11.8 Å². The lowest BCUT2D eigenvalue weighted by atomic mass is 9.81. The number of hydrogen-bond acceptors (Lipinski definition) is 5. The molecule has 2 atom stereocenters. The van der Waals surface area contributed by atoms with Gasteiger partial charge >= 0.3 is 0 Å². The summed E-state index contributed by atoms with van der Waals surface area (Å²) in [5.41, 5.74) is 0.559. The summed E-state index contributed by atoms with van der Waals surface area (Å²) >= 11 is 0. The molecule has 2 aromatic carbocycles. The van der Waals surface area contributed by atoms with Crippen LogP contribution in [0.4, 0.5) is 5.69 Å². The minimum Gasteiger partial charge on any atom is -0.493 e. The highest BCUT2D eigenvalue weighted by atomic mass is 16.5. The molecule has 2 aromatic rings. The first-order valence-corrected chi connectivity index (χ1v) is 10.1. The molecule has 0 bridgehead atoms. The van der Waals surface area contributed by atoms with Gasteiger partial charge in [-0.1, -0.05) is 25.0 Å². The second kappa shape index (κ2) is 8.57. The molecule has 2 fully saturated rings. The molecule has 1 saturated heterocycles. The van der Waals surface area contributed by atoms with E-state index in [4.69, 9.17) is 9.47 Å². The zero-order valence-corrected chi connectivity index (χ0v) is 16.8. The van der Waals surface area contributed by atoms with Crippen LogP contribution in [0, 0.1) is 11.8 Å². The molecule has 2 unspecified atom stereocenters. The number of fused-ring (bicyclic) bond motifs is 1. The van der Waals surface area contributed by atoms with E-state index in [0.29, 0.717) is 22.9 Å². The number of nitrogens with one attached hydrogen (secondary N) is 1. The Kier molecular flexibility index (Phi) is 5.70. The van der Waals surface area contributed by atoms with Gasteiger partial charge in [-0.15, -0.1) is 0 Å². The van der Waals surface area contributed by atoms with Crippen molar-refractivity contribution in [1.82, 2.24) is 4.90 Å². The first-order chi connectivity index (χ1) is 14.6. The highest BCUT2D eigenvalue weighted by Crippen LogP contribution is 2.38. The summed E-state index contributed by atoms with van der Waals surface area (Å²) in [6, 6.07) is 14.2. The zero-order valence-electron chi connectivity index (χ0n) is 16.8.